The highest BCUT2D eigenvalue weighted by Gasteiger charge is 2.10. The van der Waals surface area contributed by atoms with E-state index in [1.807, 2.05) is 0 Å². The number of rotatable bonds is 1. The van der Waals surface area contributed by atoms with E-state index < -0.39 is 0 Å². The van der Waals surface area contributed by atoms with Crippen molar-refractivity contribution >= 4 is 5.69 Å². The summed E-state index contributed by atoms with van der Waals surface area (Å²) in [6, 6.07) is 6.45. The number of fused-ring (bicyclic) bond motifs is 1. The van der Waals surface area contributed by atoms with Crippen LogP contribution in [0.1, 0.15) is 30.9 Å². The standard InChI is InChI=1S/C11H15N/c1-8(2)9-3-4-11-10(7-9)5-6-12-11/h3-4,7-8,12H,5-6H2,1-2H3/i/hT. The van der Waals surface area contributed by atoms with Crippen molar-refractivity contribution in [3.63, 3.8) is 0 Å². The monoisotopic (exact) mass is 163 g/mol. The van der Waals surface area contributed by atoms with Gasteiger partial charge in [-0.3, -0.25) is 0 Å². The van der Waals surface area contributed by atoms with Crippen molar-refractivity contribution in [3.8, 4) is 0 Å². The van der Waals surface area contributed by atoms with E-state index >= 15 is 0 Å². The van der Waals surface area contributed by atoms with Gasteiger partial charge in [-0.25, -0.2) is 0 Å². The molecule has 1 aromatic rings. The molecule has 0 spiro atoms. The van der Waals surface area contributed by atoms with Crippen molar-refractivity contribution in [3.05, 3.63) is 29.3 Å². The van der Waals surface area contributed by atoms with E-state index in [2.05, 4.69) is 32.0 Å². The molecule has 0 radical (unpaired) electrons. The molecule has 0 bridgehead atoms. The Bertz CT molecular complexity index is 320. The van der Waals surface area contributed by atoms with E-state index in [0.717, 1.165) is 18.7 Å². The summed E-state index contributed by atoms with van der Waals surface area (Å²) in [5.41, 5.74) is 3.81. The fraction of sp³-hybridized carbons (Fsp3) is 0.455. The van der Waals surface area contributed by atoms with Crippen molar-refractivity contribution in [2.24, 2.45) is 0 Å². The molecule has 1 aromatic carbocycles. The van der Waals surface area contributed by atoms with Gasteiger partial charge in [-0.2, -0.15) is 0 Å². The number of anilines is 1. The van der Waals surface area contributed by atoms with Crippen LogP contribution in [-0.2, 0) is 6.42 Å². The van der Waals surface area contributed by atoms with E-state index in [9.17, 15) is 0 Å². The third kappa shape index (κ3) is 1.20. The molecule has 0 unspecified atom stereocenters. The first-order valence-corrected chi connectivity index (χ1v) is 4.57. The molecule has 2 rings (SSSR count). The fourth-order valence-electron chi connectivity index (χ4n) is 1.62. The second-order valence-electron chi connectivity index (χ2n) is 3.67. The minimum absolute atomic E-state index is 0.588. The molecule has 0 saturated heterocycles. The Morgan fingerprint density at radius 3 is 3.08 bits per heavy atom. The number of hydrogen-bond donors (Lipinski definition) is 1. The summed E-state index contributed by atoms with van der Waals surface area (Å²) in [6.07, 6.45) is 1.03. The topological polar surface area (TPSA) is 12.0 Å². The van der Waals surface area contributed by atoms with Crippen LogP contribution in [0.25, 0.3) is 0 Å². The quantitative estimate of drug-likeness (QED) is 0.671. The van der Waals surface area contributed by atoms with Gasteiger partial charge in [-0.05, 0) is 29.5 Å². The van der Waals surface area contributed by atoms with Crippen LogP contribution in [0.3, 0.4) is 0 Å². The highest BCUT2D eigenvalue weighted by atomic mass is 14.9. The molecule has 0 amide bonds. The summed E-state index contributed by atoms with van der Waals surface area (Å²) in [7, 11) is 0. The number of nitrogens with one attached hydrogen (secondary N) is 1. The fourth-order valence-corrected chi connectivity index (χ4v) is 1.62. The Hall–Kier alpha value is -0.980. The van der Waals surface area contributed by atoms with E-state index in [1.54, 1.807) is 5.31 Å². The van der Waals surface area contributed by atoms with Crippen molar-refractivity contribution in [2.75, 3.05) is 11.9 Å². The van der Waals surface area contributed by atoms with Crippen LogP contribution >= 0.6 is 0 Å². The Morgan fingerprint density at radius 2 is 2.33 bits per heavy atom. The SMILES string of the molecule is [3H]N1CCc2cc(C(C)C)ccc21. The van der Waals surface area contributed by atoms with Crippen LogP contribution in [0, 0.1) is 0 Å². The van der Waals surface area contributed by atoms with Crippen LogP contribution in [0.5, 0.6) is 0 Å². The van der Waals surface area contributed by atoms with Crippen molar-refractivity contribution in [1.82, 2.24) is 0 Å². The van der Waals surface area contributed by atoms with Gasteiger partial charge < -0.3 is 5.31 Å². The molecule has 0 atom stereocenters. The molecular formula is C11H15N. The Kier molecular flexibility index (Phi) is 1.53. The predicted molar refractivity (Wildman–Crippen MR) is 52.7 cm³/mol. The first-order chi connectivity index (χ1) is 6.18. The third-order valence-electron chi connectivity index (χ3n) is 2.43. The van der Waals surface area contributed by atoms with Gasteiger partial charge in [0, 0.05) is 12.2 Å². The molecule has 1 aliphatic rings. The van der Waals surface area contributed by atoms with E-state index in [4.69, 9.17) is 1.41 Å². The summed E-state index contributed by atoms with van der Waals surface area (Å²) in [4.78, 5) is 0. The van der Waals surface area contributed by atoms with Gasteiger partial charge in [0.1, 0.15) is 0 Å². The minimum atomic E-state index is 0.588. The van der Waals surface area contributed by atoms with Gasteiger partial charge in [-0.1, -0.05) is 26.0 Å². The van der Waals surface area contributed by atoms with Crippen LogP contribution < -0.4 is 5.31 Å². The maximum Gasteiger partial charge on any atom is 0.160 e. The third-order valence-corrected chi connectivity index (χ3v) is 2.43. The van der Waals surface area contributed by atoms with Gasteiger partial charge in [0.05, 0.1) is 0 Å². The highest BCUT2D eigenvalue weighted by Crippen LogP contribution is 2.25. The molecule has 12 heavy (non-hydrogen) atoms. The average Bonchev–Trinajstić information content (AvgIpc) is 2.47. The van der Waals surface area contributed by atoms with Gasteiger partial charge in [0.25, 0.3) is 0 Å². The van der Waals surface area contributed by atoms with Crippen molar-refractivity contribution in [2.45, 2.75) is 26.2 Å². The molecule has 0 aliphatic carbocycles. The minimum Gasteiger partial charge on any atom is -0.384 e. The molecule has 1 nitrogen and oxygen atoms in total. The van der Waals surface area contributed by atoms with Crippen LogP contribution in [0.4, 0.5) is 5.69 Å². The second kappa shape index (κ2) is 2.81. The van der Waals surface area contributed by atoms with Crippen LogP contribution in [0.2, 0.25) is 1.41 Å². The highest BCUT2D eigenvalue weighted by molar-refractivity contribution is 5.56. The number of hydrogen-bond acceptors (Lipinski definition) is 1. The summed E-state index contributed by atoms with van der Waals surface area (Å²) in [5.74, 6) is 0.588. The zero-order valence-electron chi connectivity index (χ0n) is 8.67. The molecule has 1 heteroatoms. The van der Waals surface area contributed by atoms with Gasteiger partial charge in [-0.15, -0.1) is 0 Å². The molecule has 64 valence electrons. The second-order valence-corrected chi connectivity index (χ2v) is 3.67. The van der Waals surface area contributed by atoms with E-state index in [1.165, 1.54) is 11.1 Å². The lowest BCUT2D eigenvalue weighted by atomic mass is 10.00. The Balaban J connectivity index is 2.40. The van der Waals surface area contributed by atoms with E-state index in [-0.39, 0.29) is 0 Å². The van der Waals surface area contributed by atoms with E-state index in [0.29, 0.717) is 5.92 Å². The largest absolute Gasteiger partial charge is 0.384 e. The summed E-state index contributed by atoms with van der Waals surface area (Å²) in [5, 5.41) is 1.58. The molecule has 1 heterocycles. The first-order valence-electron chi connectivity index (χ1n) is 5.02. The van der Waals surface area contributed by atoms with Crippen molar-refractivity contribution in [1.29, 1.82) is 0 Å². The summed E-state index contributed by atoms with van der Waals surface area (Å²) >= 11 is 0. The molecule has 1 N–H and O–H groups in total. The molecular weight excluding hydrogens is 146 g/mol. The lowest BCUT2D eigenvalue weighted by Crippen LogP contribution is -1.90. The maximum atomic E-state index is 7.63. The van der Waals surface area contributed by atoms with Gasteiger partial charge >= 0.3 is 0 Å². The Labute approximate surface area is 75.3 Å². The predicted octanol–water partition coefficient (Wildman–Crippen LogP) is 2.78. The summed E-state index contributed by atoms with van der Waals surface area (Å²) in [6.45, 7) is 5.25. The summed E-state index contributed by atoms with van der Waals surface area (Å²) < 4.78 is 7.63. The lowest BCUT2D eigenvalue weighted by molar-refractivity contribution is 0.864. The average molecular weight is 163 g/mol. The Morgan fingerprint density at radius 1 is 1.50 bits per heavy atom. The van der Waals surface area contributed by atoms with Crippen LogP contribution in [0.15, 0.2) is 18.2 Å². The zero-order valence-corrected chi connectivity index (χ0v) is 7.67. The first kappa shape index (κ1) is 6.53. The van der Waals surface area contributed by atoms with Gasteiger partial charge in [0.2, 0.25) is 0 Å². The molecule has 1 aliphatic heterocycles. The molecule has 0 aromatic heterocycles. The van der Waals surface area contributed by atoms with Crippen molar-refractivity contribution < 1.29 is 1.41 Å². The smallest absolute Gasteiger partial charge is 0.160 e. The molecule has 0 saturated carbocycles. The van der Waals surface area contributed by atoms with Crippen LogP contribution in [-0.4, -0.2) is 6.54 Å². The molecule has 0 fully saturated rings. The van der Waals surface area contributed by atoms with Gasteiger partial charge in [0.15, 0.2) is 1.41 Å². The number of benzene rings is 1. The maximum absolute atomic E-state index is 7.63. The lowest BCUT2D eigenvalue weighted by Gasteiger charge is -2.07. The normalized spacial score (nSPS) is 16.6. The zero-order chi connectivity index (χ0) is 9.42.